The highest BCUT2D eigenvalue weighted by Crippen LogP contribution is 2.21. The molecule has 176 valence electrons. The minimum Gasteiger partial charge on any atom is -0.356 e. The van der Waals surface area contributed by atoms with E-state index in [1.807, 2.05) is 36.4 Å². The van der Waals surface area contributed by atoms with E-state index in [2.05, 4.69) is 33.0 Å². The number of amides is 3. The molecule has 0 saturated carbocycles. The lowest BCUT2D eigenvalue weighted by atomic mass is 9.97. The van der Waals surface area contributed by atoms with Crippen LogP contribution < -0.4 is 10.6 Å². The van der Waals surface area contributed by atoms with Crippen molar-refractivity contribution in [2.75, 3.05) is 25.0 Å². The van der Waals surface area contributed by atoms with Crippen molar-refractivity contribution in [2.24, 2.45) is 5.92 Å². The van der Waals surface area contributed by atoms with Gasteiger partial charge in [-0.15, -0.1) is 10.2 Å². The maximum atomic E-state index is 12.9. The summed E-state index contributed by atoms with van der Waals surface area (Å²) in [5.41, 5.74) is 1.89. The van der Waals surface area contributed by atoms with E-state index in [1.54, 1.807) is 17.0 Å². The number of benzene rings is 2. The van der Waals surface area contributed by atoms with Crippen LogP contribution in [0, 0.1) is 5.92 Å². The number of carbonyl (C=O) groups excluding carboxylic acids is 3. The zero-order valence-corrected chi connectivity index (χ0v) is 19.6. The molecule has 1 aliphatic rings. The molecular formula is C25H27N5O3S. The molecule has 34 heavy (non-hydrogen) atoms. The van der Waals surface area contributed by atoms with Gasteiger partial charge in [0.1, 0.15) is 0 Å². The number of likely N-dealkylation sites (tertiary alicyclic amines) is 1. The molecule has 4 rings (SSSR count). The molecule has 0 aliphatic carbocycles. The monoisotopic (exact) mass is 477 g/mol. The summed E-state index contributed by atoms with van der Waals surface area (Å²) in [5.74, 6) is -0.971. The van der Waals surface area contributed by atoms with Gasteiger partial charge in [-0.2, -0.15) is 0 Å². The first-order chi connectivity index (χ1) is 16.6. The lowest BCUT2D eigenvalue weighted by Gasteiger charge is -2.31. The molecular weight excluding hydrogens is 450 g/mol. The summed E-state index contributed by atoms with van der Waals surface area (Å²) in [6.45, 7) is 1.50. The van der Waals surface area contributed by atoms with Crippen LogP contribution in [-0.2, 0) is 11.2 Å². The van der Waals surface area contributed by atoms with Crippen LogP contribution in [0.15, 0.2) is 60.7 Å². The highest BCUT2D eigenvalue weighted by Gasteiger charge is 2.30. The van der Waals surface area contributed by atoms with Crippen LogP contribution in [0.2, 0.25) is 0 Å². The maximum absolute atomic E-state index is 12.9. The number of hydrogen-bond donors (Lipinski definition) is 2. The third-order valence-electron chi connectivity index (χ3n) is 5.70. The summed E-state index contributed by atoms with van der Waals surface area (Å²) in [4.78, 5) is 39.6. The number of aryl methyl sites for hydroxylation is 1. The molecule has 8 nitrogen and oxygen atoms in total. The SMILES string of the molecule is O=C(Nc1ccccc1)c1nnc(C(=O)N2CCCC(C(=O)NCCCc3ccccc3)C2)s1. The fourth-order valence-corrected chi connectivity index (χ4v) is 4.62. The molecule has 0 bridgehead atoms. The Morgan fingerprint density at radius 2 is 1.68 bits per heavy atom. The molecule has 3 amide bonds. The van der Waals surface area contributed by atoms with E-state index in [1.165, 1.54) is 5.56 Å². The number of nitrogens with zero attached hydrogens (tertiary/aromatic N) is 3. The van der Waals surface area contributed by atoms with Gasteiger partial charge < -0.3 is 15.5 Å². The summed E-state index contributed by atoms with van der Waals surface area (Å²) in [6, 6.07) is 19.2. The van der Waals surface area contributed by atoms with Crippen LogP contribution in [0.25, 0.3) is 0 Å². The quantitative estimate of drug-likeness (QED) is 0.484. The summed E-state index contributed by atoms with van der Waals surface area (Å²) in [6.07, 6.45) is 3.26. The summed E-state index contributed by atoms with van der Waals surface area (Å²) in [7, 11) is 0. The zero-order chi connectivity index (χ0) is 23.8. The van der Waals surface area contributed by atoms with Crippen molar-refractivity contribution >= 4 is 34.7 Å². The van der Waals surface area contributed by atoms with Crippen molar-refractivity contribution in [3.63, 3.8) is 0 Å². The first kappa shape index (κ1) is 23.6. The maximum Gasteiger partial charge on any atom is 0.286 e. The van der Waals surface area contributed by atoms with Crippen molar-refractivity contribution in [3.8, 4) is 0 Å². The molecule has 1 saturated heterocycles. The van der Waals surface area contributed by atoms with Crippen molar-refractivity contribution in [1.82, 2.24) is 20.4 Å². The van der Waals surface area contributed by atoms with Crippen LogP contribution >= 0.6 is 11.3 Å². The molecule has 0 spiro atoms. The van der Waals surface area contributed by atoms with Crippen molar-refractivity contribution < 1.29 is 14.4 Å². The second kappa shape index (κ2) is 11.5. The van der Waals surface area contributed by atoms with Gasteiger partial charge in [-0.3, -0.25) is 14.4 Å². The zero-order valence-electron chi connectivity index (χ0n) is 18.8. The molecule has 1 aliphatic heterocycles. The number of piperidine rings is 1. The highest BCUT2D eigenvalue weighted by atomic mass is 32.1. The van der Waals surface area contributed by atoms with Gasteiger partial charge in [-0.1, -0.05) is 59.9 Å². The van der Waals surface area contributed by atoms with E-state index in [0.29, 0.717) is 25.3 Å². The van der Waals surface area contributed by atoms with Crippen molar-refractivity contribution in [1.29, 1.82) is 0 Å². The normalized spacial score (nSPS) is 15.5. The lowest BCUT2D eigenvalue weighted by Crippen LogP contribution is -2.45. The lowest BCUT2D eigenvalue weighted by molar-refractivity contribution is -0.126. The fraction of sp³-hybridized carbons (Fsp3) is 0.320. The van der Waals surface area contributed by atoms with Gasteiger partial charge in [-0.05, 0) is 43.4 Å². The molecule has 9 heteroatoms. The number of aromatic nitrogens is 2. The summed E-state index contributed by atoms with van der Waals surface area (Å²) >= 11 is 0.960. The summed E-state index contributed by atoms with van der Waals surface area (Å²) in [5, 5.41) is 13.8. The van der Waals surface area contributed by atoms with E-state index in [4.69, 9.17) is 0 Å². The Morgan fingerprint density at radius 1 is 0.971 bits per heavy atom. The highest BCUT2D eigenvalue weighted by molar-refractivity contribution is 7.15. The standard InChI is InChI=1S/C25H27N5O3S/c31-21(26-15-7-11-18-9-3-1-4-10-18)19-12-8-16-30(17-19)25(33)24-29-28-23(34-24)22(32)27-20-13-5-2-6-14-20/h1-6,9-10,13-14,19H,7-8,11-12,15-17H2,(H,26,31)(H,27,32). The third-order valence-corrected chi connectivity index (χ3v) is 6.61. The molecule has 1 unspecified atom stereocenters. The number of rotatable bonds is 8. The van der Waals surface area contributed by atoms with E-state index in [-0.39, 0.29) is 27.7 Å². The number of anilines is 1. The molecule has 2 aromatic carbocycles. The minimum atomic E-state index is -0.408. The molecule has 2 heterocycles. The molecule has 2 N–H and O–H groups in total. The van der Waals surface area contributed by atoms with Gasteiger partial charge in [0.2, 0.25) is 15.9 Å². The Bertz CT molecular complexity index is 1120. The minimum absolute atomic E-state index is 0.0225. The Kier molecular flexibility index (Phi) is 7.98. The van der Waals surface area contributed by atoms with E-state index in [9.17, 15) is 14.4 Å². The van der Waals surface area contributed by atoms with Gasteiger partial charge in [-0.25, -0.2) is 0 Å². The Labute approximate surface area is 202 Å². The predicted octanol–water partition coefficient (Wildman–Crippen LogP) is 3.39. The third kappa shape index (κ3) is 6.26. The topological polar surface area (TPSA) is 104 Å². The van der Waals surface area contributed by atoms with Crippen LogP contribution in [0.5, 0.6) is 0 Å². The molecule has 1 aromatic heterocycles. The van der Waals surface area contributed by atoms with Gasteiger partial charge in [0, 0.05) is 25.3 Å². The van der Waals surface area contributed by atoms with Gasteiger partial charge in [0.25, 0.3) is 11.8 Å². The summed E-state index contributed by atoms with van der Waals surface area (Å²) < 4.78 is 0. The Balaban J connectivity index is 1.26. The van der Waals surface area contributed by atoms with Crippen molar-refractivity contribution in [2.45, 2.75) is 25.7 Å². The van der Waals surface area contributed by atoms with Gasteiger partial charge >= 0.3 is 0 Å². The van der Waals surface area contributed by atoms with Crippen LogP contribution in [0.4, 0.5) is 5.69 Å². The Morgan fingerprint density at radius 3 is 2.44 bits per heavy atom. The number of para-hydroxylation sites is 1. The van der Waals surface area contributed by atoms with Crippen LogP contribution in [-0.4, -0.2) is 52.5 Å². The Hall–Kier alpha value is -3.59. The largest absolute Gasteiger partial charge is 0.356 e. The smallest absolute Gasteiger partial charge is 0.286 e. The van der Waals surface area contributed by atoms with Crippen LogP contribution in [0.3, 0.4) is 0 Å². The molecule has 3 aromatic rings. The second-order valence-corrected chi connectivity index (χ2v) is 9.18. The average molecular weight is 478 g/mol. The van der Waals surface area contributed by atoms with E-state index >= 15 is 0 Å². The van der Waals surface area contributed by atoms with Crippen LogP contribution in [0.1, 0.15) is 44.4 Å². The molecule has 1 fully saturated rings. The average Bonchev–Trinajstić information content (AvgIpc) is 3.38. The second-order valence-electron chi connectivity index (χ2n) is 8.20. The number of hydrogen-bond acceptors (Lipinski definition) is 6. The van der Waals surface area contributed by atoms with E-state index < -0.39 is 5.91 Å². The molecule has 1 atom stereocenters. The van der Waals surface area contributed by atoms with E-state index in [0.717, 1.165) is 37.0 Å². The number of nitrogens with one attached hydrogen (secondary N) is 2. The van der Waals surface area contributed by atoms with Crippen molar-refractivity contribution in [3.05, 3.63) is 76.2 Å². The van der Waals surface area contributed by atoms with Gasteiger partial charge in [0.05, 0.1) is 5.92 Å². The molecule has 0 radical (unpaired) electrons. The first-order valence-corrected chi connectivity index (χ1v) is 12.2. The fourth-order valence-electron chi connectivity index (χ4n) is 3.91. The predicted molar refractivity (Wildman–Crippen MR) is 131 cm³/mol. The first-order valence-electron chi connectivity index (χ1n) is 11.4. The number of carbonyl (C=O) groups is 3. The van der Waals surface area contributed by atoms with Gasteiger partial charge in [0.15, 0.2) is 0 Å².